The summed E-state index contributed by atoms with van der Waals surface area (Å²) in [7, 11) is 0. The lowest BCUT2D eigenvalue weighted by Crippen LogP contribution is -2.19. The van der Waals surface area contributed by atoms with Crippen LogP contribution in [0.3, 0.4) is 0 Å². The summed E-state index contributed by atoms with van der Waals surface area (Å²) in [6.45, 7) is 4.44. The molecule has 1 aromatic carbocycles. The zero-order valence-corrected chi connectivity index (χ0v) is 16.5. The third kappa shape index (κ3) is 12.8. The van der Waals surface area contributed by atoms with Crippen LogP contribution in [-0.4, -0.2) is 30.8 Å². The molecule has 26 heavy (non-hydrogen) atoms. The Morgan fingerprint density at radius 2 is 1.73 bits per heavy atom. The van der Waals surface area contributed by atoms with Crippen LogP contribution in [0.1, 0.15) is 76.7 Å². The van der Waals surface area contributed by atoms with Gasteiger partial charge in [0.25, 0.3) is 0 Å². The lowest BCUT2D eigenvalue weighted by Gasteiger charge is -2.09. The largest absolute Gasteiger partial charge is 0.494 e. The molecular formula is C22H37NO3. The smallest absolute Gasteiger partial charge is 0.304 e. The molecule has 1 rings (SSSR count). The molecule has 0 unspecified atom stereocenters. The quantitative estimate of drug-likeness (QED) is 0.373. The summed E-state index contributed by atoms with van der Waals surface area (Å²) in [5.41, 5.74) is 1.28. The van der Waals surface area contributed by atoms with Crippen LogP contribution in [0.15, 0.2) is 24.3 Å². The average molecular weight is 364 g/mol. The third-order valence-electron chi connectivity index (χ3n) is 4.50. The van der Waals surface area contributed by atoms with Gasteiger partial charge >= 0.3 is 5.97 Å². The lowest BCUT2D eigenvalue weighted by molar-refractivity contribution is -0.136. The second-order valence-electron chi connectivity index (χ2n) is 6.97. The van der Waals surface area contributed by atoms with Gasteiger partial charge in [-0.2, -0.15) is 0 Å². The molecule has 2 N–H and O–H groups in total. The Morgan fingerprint density at radius 1 is 1.00 bits per heavy atom. The van der Waals surface area contributed by atoms with Crippen molar-refractivity contribution >= 4 is 5.97 Å². The molecule has 0 fully saturated rings. The van der Waals surface area contributed by atoms with E-state index in [2.05, 4.69) is 30.4 Å². The number of carboxylic acids is 1. The van der Waals surface area contributed by atoms with Crippen molar-refractivity contribution in [3.8, 4) is 5.75 Å². The number of unbranched alkanes of at least 4 members (excludes halogenated alkanes) is 7. The van der Waals surface area contributed by atoms with E-state index in [1.54, 1.807) is 0 Å². The van der Waals surface area contributed by atoms with Gasteiger partial charge in [-0.3, -0.25) is 4.79 Å². The van der Waals surface area contributed by atoms with Gasteiger partial charge in [0.15, 0.2) is 0 Å². The highest BCUT2D eigenvalue weighted by atomic mass is 16.5. The first-order valence-corrected chi connectivity index (χ1v) is 10.4. The number of rotatable bonds is 17. The average Bonchev–Trinajstić information content (AvgIpc) is 2.63. The van der Waals surface area contributed by atoms with Gasteiger partial charge in [-0.1, -0.05) is 64.0 Å². The molecular weight excluding hydrogens is 326 g/mol. The fourth-order valence-corrected chi connectivity index (χ4v) is 2.95. The van der Waals surface area contributed by atoms with Crippen LogP contribution in [0.5, 0.6) is 5.75 Å². The van der Waals surface area contributed by atoms with Crippen molar-refractivity contribution in [3.63, 3.8) is 0 Å². The number of hydrogen-bond donors (Lipinski definition) is 2. The first-order chi connectivity index (χ1) is 12.7. The maximum absolute atomic E-state index is 10.4. The SMILES string of the molecule is CCCCCCCCCCOc1cccc(CCCNCCC(=O)O)c1. The lowest BCUT2D eigenvalue weighted by atomic mass is 10.1. The molecule has 0 aromatic heterocycles. The topological polar surface area (TPSA) is 58.6 Å². The standard InChI is InChI=1S/C22H37NO3/c1-2-3-4-5-6-7-8-9-18-26-21-14-10-12-20(19-21)13-11-16-23-17-15-22(24)25/h10,12,14,19,23H,2-9,11,13,15-18H2,1H3,(H,24,25). The summed E-state index contributed by atoms with van der Waals surface area (Å²) in [6, 6.07) is 8.33. The van der Waals surface area contributed by atoms with E-state index in [0.717, 1.165) is 38.2 Å². The number of nitrogens with one attached hydrogen (secondary N) is 1. The second-order valence-corrected chi connectivity index (χ2v) is 6.97. The fourth-order valence-electron chi connectivity index (χ4n) is 2.95. The number of carboxylic acid groups (broad SMARTS) is 1. The molecule has 0 aliphatic heterocycles. The first-order valence-electron chi connectivity index (χ1n) is 10.4. The molecule has 1 aromatic rings. The Hall–Kier alpha value is -1.55. The first kappa shape index (κ1) is 22.5. The van der Waals surface area contributed by atoms with Gasteiger partial charge in [-0.15, -0.1) is 0 Å². The van der Waals surface area contributed by atoms with E-state index in [1.165, 1.54) is 50.5 Å². The fraction of sp³-hybridized carbons (Fsp3) is 0.682. The Morgan fingerprint density at radius 3 is 2.46 bits per heavy atom. The van der Waals surface area contributed by atoms with Crippen LogP contribution >= 0.6 is 0 Å². The van der Waals surface area contributed by atoms with E-state index >= 15 is 0 Å². The number of carbonyl (C=O) groups is 1. The van der Waals surface area contributed by atoms with Gasteiger partial charge in [-0.05, 0) is 43.5 Å². The number of aryl methyl sites for hydroxylation is 1. The van der Waals surface area contributed by atoms with Crippen LogP contribution in [0.2, 0.25) is 0 Å². The van der Waals surface area contributed by atoms with Crippen molar-refractivity contribution in [3.05, 3.63) is 29.8 Å². The maximum Gasteiger partial charge on any atom is 0.304 e. The molecule has 0 saturated heterocycles. The monoisotopic (exact) mass is 363 g/mol. The zero-order chi connectivity index (χ0) is 18.9. The van der Waals surface area contributed by atoms with Gasteiger partial charge in [0.05, 0.1) is 13.0 Å². The minimum Gasteiger partial charge on any atom is -0.494 e. The van der Waals surface area contributed by atoms with Crippen molar-refractivity contribution in [2.75, 3.05) is 19.7 Å². The Balaban J connectivity index is 2.05. The Kier molecular flexibility index (Phi) is 13.6. The van der Waals surface area contributed by atoms with E-state index in [9.17, 15) is 4.79 Å². The molecule has 4 heteroatoms. The normalized spacial score (nSPS) is 10.8. The predicted molar refractivity (Wildman–Crippen MR) is 108 cm³/mol. The van der Waals surface area contributed by atoms with Crippen LogP contribution in [0, 0.1) is 0 Å². The molecule has 0 aliphatic carbocycles. The number of ether oxygens (including phenoxy) is 1. The summed E-state index contributed by atoms with van der Waals surface area (Å²) in [4.78, 5) is 10.4. The molecule has 0 radical (unpaired) electrons. The van der Waals surface area contributed by atoms with Gasteiger partial charge < -0.3 is 15.2 Å². The second kappa shape index (κ2) is 15.7. The van der Waals surface area contributed by atoms with Gasteiger partial charge in [0, 0.05) is 6.54 Å². The van der Waals surface area contributed by atoms with Crippen molar-refractivity contribution in [1.82, 2.24) is 5.32 Å². The molecule has 148 valence electrons. The van der Waals surface area contributed by atoms with Crippen molar-refractivity contribution in [2.24, 2.45) is 0 Å². The molecule has 4 nitrogen and oxygen atoms in total. The van der Waals surface area contributed by atoms with Gasteiger partial charge in [0.1, 0.15) is 5.75 Å². The van der Waals surface area contributed by atoms with Crippen molar-refractivity contribution < 1.29 is 14.6 Å². The number of benzene rings is 1. The summed E-state index contributed by atoms with van der Waals surface area (Å²) >= 11 is 0. The molecule has 0 amide bonds. The minimum atomic E-state index is -0.751. The summed E-state index contributed by atoms with van der Waals surface area (Å²) in [5, 5.41) is 11.7. The highest BCUT2D eigenvalue weighted by Crippen LogP contribution is 2.15. The molecule has 0 saturated carbocycles. The predicted octanol–water partition coefficient (Wildman–Crippen LogP) is 5.20. The molecule has 0 aliphatic rings. The summed E-state index contributed by atoms with van der Waals surface area (Å²) in [5.74, 6) is 0.211. The van der Waals surface area contributed by atoms with E-state index in [0.29, 0.717) is 6.54 Å². The van der Waals surface area contributed by atoms with E-state index in [4.69, 9.17) is 9.84 Å². The van der Waals surface area contributed by atoms with Crippen molar-refractivity contribution in [1.29, 1.82) is 0 Å². The Labute approximate surface area is 159 Å². The maximum atomic E-state index is 10.4. The van der Waals surface area contributed by atoms with Gasteiger partial charge in [-0.25, -0.2) is 0 Å². The van der Waals surface area contributed by atoms with Crippen LogP contribution in [-0.2, 0) is 11.2 Å². The van der Waals surface area contributed by atoms with Crippen LogP contribution < -0.4 is 10.1 Å². The molecule has 0 heterocycles. The van der Waals surface area contributed by atoms with E-state index < -0.39 is 5.97 Å². The van der Waals surface area contributed by atoms with Crippen molar-refractivity contribution in [2.45, 2.75) is 77.6 Å². The molecule has 0 atom stereocenters. The van der Waals surface area contributed by atoms with E-state index in [-0.39, 0.29) is 6.42 Å². The zero-order valence-electron chi connectivity index (χ0n) is 16.5. The number of aliphatic carboxylic acids is 1. The highest BCUT2D eigenvalue weighted by molar-refractivity contribution is 5.66. The van der Waals surface area contributed by atoms with Gasteiger partial charge in [0.2, 0.25) is 0 Å². The number of hydrogen-bond acceptors (Lipinski definition) is 3. The molecule has 0 bridgehead atoms. The highest BCUT2D eigenvalue weighted by Gasteiger charge is 1.99. The van der Waals surface area contributed by atoms with Crippen LogP contribution in [0.4, 0.5) is 0 Å². The summed E-state index contributed by atoms with van der Waals surface area (Å²) < 4.78 is 5.88. The molecule has 0 spiro atoms. The van der Waals surface area contributed by atoms with E-state index in [1.807, 2.05) is 6.07 Å². The third-order valence-corrected chi connectivity index (χ3v) is 4.50. The Bertz CT molecular complexity index is 476. The summed E-state index contributed by atoms with van der Waals surface area (Å²) in [6.07, 6.45) is 12.7. The van der Waals surface area contributed by atoms with Crippen LogP contribution in [0.25, 0.3) is 0 Å². The minimum absolute atomic E-state index is 0.183.